The van der Waals surface area contributed by atoms with E-state index < -0.39 is 36.5 Å². The summed E-state index contributed by atoms with van der Waals surface area (Å²) in [6, 6.07) is 23.7. The van der Waals surface area contributed by atoms with Crippen molar-refractivity contribution in [3.8, 4) is 11.1 Å². The molecular formula is C29H28N2O7. The van der Waals surface area contributed by atoms with Crippen molar-refractivity contribution in [3.05, 3.63) is 95.6 Å². The highest BCUT2D eigenvalue weighted by Crippen LogP contribution is 2.44. The van der Waals surface area contributed by atoms with Crippen molar-refractivity contribution >= 4 is 23.9 Å². The maximum atomic E-state index is 12.5. The van der Waals surface area contributed by atoms with Crippen molar-refractivity contribution in [2.45, 2.75) is 31.4 Å². The fourth-order valence-corrected chi connectivity index (χ4v) is 4.39. The molecule has 1 unspecified atom stereocenters. The van der Waals surface area contributed by atoms with E-state index in [-0.39, 0.29) is 32.0 Å². The fourth-order valence-electron chi connectivity index (χ4n) is 4.39. The van der Waals surface area contributed by atoms with Crippen LogP contribution in [-0.2, 0) is 30.5 Å². The van der Waals surface area contributed by atoms with Gasteiger partial charge in [0.1, 0.15) is 25.8 Å². The van der Waals surface area contributed by atoms with Crippen LogP contribution in [0.3, 0.4) is 0 Å². The molecule has 2 amide bonds. The van der Waals surface area contributed by atoms with Crippen molar-refractivity contribution in [1.82, 2.24) is 10.6 Å². The van der Waals surface area contributed by atoms with E-state index in [1.165, 1.54) is 0 Å². The third kappa shape index (κ3) is 6.76. The Morgan fingerprint density at radius 1 is 0.816 bits per heavy atom. The number of hydrogen-bond acceptors (Lipinski definition) is 6. The van der Waals surface area contributed by atoms with E-state index in [4.69, 9.17) is 14.6 Å². The van der Waals surface area contributed by atoms with Crippen LogP contribution in [0.4, 0.5) is 4.79 Å². The summed E-state index contributed by atoms with van der Waals surface area (Å²) in [6.07, 6.45) is -1.28. The predicted octanol–water partition coefficient (Wildman–Crippen LogP) is 3.62. The van der Waals surface area contributed by atoms with Gasteiger partial charge in [-0.3, -0.25) is 9.59 Å². The third-order valence-electron chi connectivity index (χ3n) is 6.23. The SMILES string of the molecule is O=C(O)CCC(NC(=O)CNC(=O)OCC1c2ccccc2-c2ccccc21)C(=O)OCc1ccccc1. The summed E-state index contributed by atoms with van der Waals surface area (Å²) in [5, 5.41) is 13.8. The first-order chi connectivity index (χ1) is 18.4. The van der Waals surface area contributed by atoms with Gasteiger partial charge in [0.2, 0.25) is 5.91 Å². The Kier molecular flexibility index (Phi) is 8.71. The summed E-state index contributed by atoms with van der Waals surface area (Å²) in [7, 11) is 0. The number of hydrogen-bond donors (Lipinski definition) is 3. The summed E-state index contributed by atoms with van der Waals surface area (Å²) in [4.78, 5) is 48.3. The lowest BCUT2D eigenvalue weighted by Crippen LogP contribution is -2.46. The Morgan fingerprint density at radius 2 is 1.42 bits per heavy atom. The van der Waals surface area contributed by atoms with Gasteiger partial charge in [-0.25, -0.2) is 9.59 Å². The summed E-state index contributed by atoms with van der Waals surface area (Å²) >= 11 is 0. The topological polar surface area (TPSA) is 131 Å². The first kappa shape index (κ1) is 26.4. The largest absolute Gasteiger partial charge is 0.481 e. The van der Waals surface area contributed by atoms with Crippen LogP contribution in [0.25, 0.3) is 11.1 Å². The molecular weight excluding hydrogens is 488 g/mol. The van der Waals surface area contributed by atoms with Crippen LogP contribution in [-0.4, -0.2) is 48.2 Å². The molecule has 1 aliphatic rings. The minimum atomic E-state index is -1.17. The summed E-state index contributed by atoms with van der Waals surface area (Å²) < 4.78 is 10.7. The lowest BCUT2D eigenvalue weighted by atomic mass is 9.98. The van der Waals surface area contributed by atoms with Crippen molar-refractivity contribution < 1.29 is 33.8 Å². The number of esters is 1. The number of ether oxygens (including phenoxy) is 2. The Labute approximate surface area is 219 Å². The maximum absolute atomic E-state index is 12.5. The molecule has 0 saturated carbocycles. The molecule has 9 heteroatoms. The molecule has 0 fully saturated rings. The highest BCUT2D eigenvalue weighted by Gasteiger charge is 2.29. The number of amides is 2. The minimum absolute atomic E-state index is 0.0168. The quantitative estimate of drug-likeness (QED) is 0.332. The van der Waals surface area contributed by atoms with Gasteiger partial charge in [0.05, 0.1) is 0 Å². The summed E-state index contributed by atoms with van der Waals surface area (Å²) in [5.41, 5.74) is 5.08. The predicted molar refractivity (Wildman–Crippen MR) is 138 cm³/mol. The van der Waals surface area contributed by atoms with E-state index in [1.807, 2.05) is 54.6 Å². The number of fused-ring (bicyclic) bond motifs is 3. The molecule has 38 heavy (non-hydrogen) atoms. The molecule has 0 aliphatic heterocycles. The Balaban J connectivity index is 1.27. The molecule has 9 nitrogen and oxygen atoms in total. The maximum Gasteiger partial charge on any atom is 0.407 e. The fraction of sp³-hybridized carbons (Fsp3) is 0.241. The van der Waals surface area contributed by atoms with E-state index in [2.05, 4.69) is 10.6 Å². The van der Waals surface area contributed by atoms with Crippen molar-refractivity contribution in [1.29, 1.82) is 0 Å². The minimum Gasteiger partial charge on any atom is -0.481 e. The standard InChI is InChI=1S/C29H28N2O7/c32-26(31-25(14-15-27(33)34)28(35)37-17-19-8-2-1-3-9-19)16-30-29(36)38-18-24-22-12-6-4-10-20(22)21-11-5-7-13-23(21)24/h1-13,24-25H,14-18H2,(H,30,36)(H,31,32)(H,33,34). The van der Waals surface area contributed by atoms with Crippen LogP contribution in [0.1, 0.15) is 35.4 Å². The molecule has 3 aromatic carbocycles. The van der Waals surface area contributed by atoms with E-state index in [0.29, 0.717) is 0 Å². The molecule has 0 aromatic heterocycles. The second kappa shape index (κ2) is 12.5. The van der Waals surface area contributed by atoms with Crippen molar-refractivity contribution in [2.24, 2.45) is 0 Å². The zero-order valence-electron chi connectivity index (χ0n) is 20.6. The van der Waals surface area contributed by atoms with Gasteiger partial charge < -0.3 is 25.2 Å². The zero-order valence-corrected chi connectivity index (χ0v) is 20.6. The van der Waals surface area contributed by atoms with Gasteiger partial charge in [-0.1, -0.05) is 78.9 Å². The Bertz CT molecular complexity index is 1260. The second-order valence-electron chi connectivity index (χ2n) is 8.82. The lowest BCUT2D eigenvalue weighted by Gasteiger charge is -2.18. The molecule has 3 aromatic rings. The molecule has 196 valence electrons. The van der Waals surface area contributed by atoms with E-state index in [0.717, 1.165) is 27.8 Å². The smallest absolute Gasteiger partial charge is 0.407 e. The molecule has 1 atom stereocenters. The number of carbonyl (C=O) groups excluding carboxylic acids is 3. The Morgan fingerprint density at radius 3 is 2.05 bits per heavy atom. The summed E-state index contributed by atoms with van der Waals surface area (Å²) in [5.74, 6) is -2.67. The van der Waals surface area contributed by atoms with Crippen LogP contribution in [0.2, 0.25) is 0 Å². The highest BCUT2D eigenvalue weighted by molar-refractivity contribution is 5.87. The van der Waals surface area contributed by atoms with Gasteiger partial charge >= 0.3 is 18.0 Å². The molecule has 4 rings (SSSR count). The number of rotatable bonds is 11. The first-order valence-electron chi connectivity index (χ1n) is 12.2. The van der Waals surface area contributed by atoms with Crippen LogP contribution >= 0.6 is 0 Å². The number of carboxylic acid groups (broad SMARTS) is 1. The van der Waals surface area contributed by atoms with Crippen LogP contribution in [0.5, 0.6) is 0 Å². The van der Waals surface area contributed by atoms with Gasteiger partial charge in [0.15, 0.2) is 0 Å². The van der Waals surface area contributed by atoms with Crippen LogP contribution in [0.15, 0.2) is 78.9 Å². The number of carbonyl (C=O) groups is 4. The number of aliphatic carboxylic acids is 1. The normalized spacial score (nSPS) is 12.5. The molecule has 3 N–H and O–H groups in total. The van der Waals surface area contributed by atoms with Gasteiger partial charge in [-0.2, -0.15) is 0 Å². The van der Waals surface area contributed by atoms with Crippen molar-refractivity contribution in [2.75, 3.05) is 13.2 Å². The highest BCUT2D eigenvalue weighted by atomic mass is 16.5. The number of nitrogens with one attached hydrogen (secondary N) is 2. The number of benzene rings is 3. The van der Waals surface area contributed by atoms with Gasteiger partial charge in [0, 0.05) is 12.3 Å². The van der Waals surface area contributed by atoms with E-state index >= 15 is 0 Å². The third-order valence-corrected chi connectivity index (χ3v) is 6.23. The van der Waals surface area contributed by atoms with Crippen molar-refractivity contribution in [3.63, 3.8) is 0 Å². The zero-order chi connectivity index (χ0) is 26.9. The lowest BCUT2D eigenvalue weighted by molar-refractivity contribution is -0.149. The number of alkyl carbamates (subject to hydrolysis) is 1. The second-order valence-corrected chi connectivity index (χ2v) is 8.82. The number of carboxylic acids is 1. The summed E-state index contributed by atoms with van der Waals surface area (Å²) in [6.45, 7) is -0.377. The first-order valence-corrected chi connectivity index (χ1v) is 12.2. The molecule has 0 saturated heterocycles. The Hall–Kier alpha value is -4.66. The van der Waals surface area contributed by atoms with Crippen LogP contribution in [0, 0.1) is 0 Å². The van der Waals surface area contributed by atoms with Gasteiger partial charge in [-0.05, 0) is 34.2 Å². The monoisotopic (exact) mass is 516 g/mol. The average Bonchev–Trinajstić information content (AvgIpc) is 3.25. The average molecular weight is 517 g/mol. The van der Waals surface area contributed by atoms with Gasteiger partial charge in [0.25, 0.3) is 0 Å². The van der Waals surface area contributed by atoms with E-state index in [9.17, 15) is 19.2 Å². The molecule has 0 bridgehead atoms. The van der Waals surface area contributed by atoms with E-state index in [1.54, 1.807) is 24.3 Å². The molecule has 0 heterocycles. The molecule has 0 radical (unpaired) electrons. The molecule has 1 aliphatic carbocycles. The van der Waals surface area contributed by atoms with Gasteiger partial charge in [-0.15, -0.1) is 0 Å². The van der Waals surface area contributed by atoms with Crippen LogP contribution < -0.4 is 10.6 Å². The molecule has 0 spiro atoms.